The van der Waals surface area contributed by atoms with E-state index in [-0.39, 0.29) is 78.7 Å². The van der Waals surface area contributed by atoms with Gasteiger partial charge in [-0.05, 0) is 226 Å². The summed E-state index contributed by atoms with van der Waals surface area (Å²) < 4.78 is 149. The number of rotatable bonds is 50. The highest BCUT2D eigenvalue weighted by atomic mass is 31.2. The first-order valence-corrected chi connectivity index (χ1v) is 57.6. The molecule has 0 radical (unpaired) electrons. The summed E-state index contributed by atoms with van der Waals surface area (Å²) in [6.45, 7) is 83.2. The number of carbonyl (C=O) groups excluding carboxylic acids is 13. The molecule has 1 amide bonds. The van der Waals surface area contributed by atoms with Crippen molar-refractivity contribution in [3.05, 3.63) is 95.1 Å². The third kappa shape index (κ3) is 105. The van der Waals surface area contributed by atoms with E-state index in [0.717, 1.165) is 48.2 Å². The number of ether oxygens (including phenoxy) is 12. The van der Waals surface area contributed by atoms with Crippen molar-refractivity contribution in [2.24, 2.45) is 53.3 Å². The molecule has 0 heterocycles. The molecule has 0 spiro atoms. The Kier molecular flexibility index (Phi) is 94.9. The minimum Gasteiger partial charge on any atom is -0.463 e. The molecule has 38 nitrogen and oxygen atoms in total. The molecule has 0 saturated carbocycles. The number of esters is 8. The zero-order valence-electron chi connectivity index (χ0n) is 97.3. The summed E-state index contributed by atoms with van der Waals surface area (Å²) in [5, 5.41) is 2.71. The van der Waals surface area contributed by atoms with Crippen LogP contribution in [0.4, 0.5) is 9.59 Å². The van der Waals surface area contributed by atoms with Gasteiger partial charge < -0.3 is 76.0 Å². The number of allylic oxidation sites excluding steroid dienone is 1. The molecule has 1 N–H and O–H groups in total. The van der Waals surface area contributed by atoms with Crippen LogP contribution in [-0.2, 0) is 167 Å². The Labute approximate surface area is 881 Å². The lowest BCUT2D eigenvalue weighted by molar-refractivity contribution is -0.165. The first-order valence-electron chi connectivity index (χ1n) is 50.2. The first-order chi connectivity index (χ1) is 67.5. The summed E-state index contributed by atoms with van der Waals surface area (Å²) in [7, 11) is -13.5. The third-order valence-electron chi connectivity index (χ3n) is 17.6. The van der Waals surface area contributed by atoms with E-state index in [2.05, 4.69) is 54.1 Å². The molecule has 858 valence electrons. The van der Waals surface area contributed by atoms with Crippen molar-refractivity contribution < 1.29 is 174 Å². The first kappa shape index (κ1) is 156. The van der Waals surface area contributed by atoms with Gasteiger partial charge in [-0.25, -0.2) is 60.8 Å². The summed E-state index contributed by atoms with van der Waals surface area (Å²) in [6.07, 6.45) is 0.466. The molecule has 147 heavy (non-hydrogen) atoms. The molecule has 2 aromatic rings. The topological polar surface area (TPSA) is 487 Å². The Morgan fingerprint density at radius 3 is 1.04 bits per heavy atom. The van der Waals surface area contributed by atoms with Gasteiger partial charge in [0.25, 0.3) is 0 Å². The van der Waals surface area contributed by atoms with E-state index in [4.69, 9.17) is 78.8 Å². The number of hydrogen-bond acceptors (Lipinski definition) is 37. The minimum absolute atomic E-state index is 0.0432. The summed E-state index contributed by atoms with van der Waals surface area (Å²) in [6, 6.07) is 14.2. The van der Waals surface area contributed by atoms with Crippen molar-refractivity contribution in [3.63, 3.8) is 0 Å². The number of carbonyl (C=O) groups is 13. The van der Waals surface area contributed by atoms with Crippen molar-refractivity contribution in [2.45, 2.75) is 378 Å². The van der Waals surface area contributed by atoms with E-state index in [1.54, 1.807) is 112 Å². The Hall–Kier alpha value is -8.37. The molecule has 0 aliphatic carbocycles. The van der Waals surface area contributed by atoms with Gasteiger partial charge in [0, 0.05) is 84.5 Å². The largest absolute Gasteiger partial charge is 0.510 e. The smallest absolute Gasteiger partial charge is 0.463 e. The van der Waals surface area contributed by atoms with Crippen LogP contribution in [0, 0.1) is 53.3 Å². The fraction of sp³-hybridized carbons (Fsp3) is 0.724. The number of phosphoric ester groups is 2. The average Bonchev–Trinajstić information content (AvgIpc) is 0.823. The van der Waals surface area contributed by atoms with Gasteiger partial charge in [-0.3, -0.25) is 42.2 Å². The standard InChI is InChI=1S/C17H27O4P.C15H29O9P.C15H23O4P.C12H23O9P.C11H18O4.C9H14O3.C7H14O2.C6H13NO.C6H12O.C5H12.C2H6/c1-6-20-22(5,19)12-11-15-7-9-16(10-8-15)17(18)21-14(4)13(2)3;1-9-19-14(17)21-13(6)23-25(18,22-12(5)20-11(4)16)24-15(7,8)10(2)3;1-5-19-20(4,17)11-13-6-8-14(9-7-13)15(16)18-10-12(2)3;1-7-16-12(14)18-11(6)21-22(15,19-8(2)3)20-10(5)17-9(4)13;1-5-14-10(12)6-7-11(13)15-9(4)8(2)3;1-7(2)6-12-9(11)5-4-8(3)10;1-5(2)6(3)9-7(4)8;1-5(2)4-7-6(3)8;1-5(2)4-6(3)7;1-4-5(2)3;1-2/h7-10,13-14H,6,11-12H2,1-5H3;10,12-13H,9H2,1-8H3;6-9,12H,5,10-11H2,1-4H3;8,10-11H,7H2,1-6H3;6-9H,5H2,1-4H3;4-5,7H,6H2,1-3H3;5-6H,1-4H3;5H,4H2,1-3H3,(H,7,8);5H,4H2,1-3H3;5H,4H2,1-3H3;1-2H3/b;;;;7-6+;5-4+;;;;;. The quantitative estimate of drug-likeness (QED) is 0.0211. The van der Waals surface area contributed by atoms with Crippen LogP contribution in [0.1, 0.15) is 342 Å². The summed E-state index contributed by atoms with van der Waals surface area (Å²) >= 11 is 0. The van der Waals surface area contributed by atoms with E-state index in [1.807, 2.05) is 151 Å². The number of aryl methyl sites for hydroxylation is 1. The van der Waals surface area contributed by atoms with Crippen LogP contribution in [-0.4, -0.2) is 205 Å². The van der Waals surface area contributed by atoms with E-state index in [1.165, 1.54) is 74.8 Å². The summed E-state index contributed by atoms with van der Waals surface area (Å²) in [5.74, 6) is 0.103. The number of nitrogens with one attached hydrogen (secondary N) is 1. The average molecular weight is 2180 g/mol. The minimum atomic E-state index is -4.25. The number of hydrogen-bond donors (Lipinski definition) is 1. The lowest BCUT2D eigenvalue weighted by Crippen LogP contribution is -2.32. The van der Waals surface area contributed by atoms with Gasteiger partial charge in [0.1, 0.15) is 24.1 Å². The molecule has 11 unspecified atom stereocenters. The molecule has 11 atom stereocenters. The molecule has 0 saturated heterocycles. The fourth-order valence-electron chi connectivity index (χ4n) is 8.71. The maximum atomic E-state index is 13.0. The monoisotopic (exact) mass is 2180 g/mol. The molecule has 0 aliphatic heterocycles. The zero-order chi connectivity index (χ0) is 117. The van der Waals surface area contributed by atoms with Gasteiger partial charge in [-0.1, -0.05) is 176 Å². The van der Waals surface area contributed by atoms with Gasteiger partial charge in [0.2, 0.25) is 45.8 Å². The van der Waals surface area contributed by atoms with Gasteiger partial charge in [-0.2, -0.15) is 0 Å². The lowest BCUT2D eigenvalue weighted by Gasteiger charge is -2.34. The van der Waals surface area contributed by atoms with Crippen LogP contribution in [0.3, 0.4) is 0 Å². The Bertz CT molecular complexity index is 4200. The van der Waals surface area contributed by atoms with Crippen molar-refractivity contribution in [1.82, 2.24) is 5.32 Å². The number of amides is 1. The van der Waals surface area contributed by atoms with Gasteiger partial charge >= 0.3 is 75.7 Å². The Morgan fingerprint density at radius 2 is 0.721 bits per heavy atom. The molecular formula is C105H191NO37P4. The lowest BCUT2D eigenvalue weighted by atomic mass is 9.95. The van der Waals surface area contributed by atoms with Crippen molar-refractivity contribution in [3.8, 4) is 0 Å². The highest BCUT2D eigenvalue weighted by Crippen LogP contribution is 2.56. The Balaban J connectivity index is -0.000000211. The number of benzene rings is 2. The summed E-state index contributed by atoms with van der Waals surface area (Å²) in [4.78, 5) is 142. The van der Waals surface area contributed by atoms with Crippen LogP contribution >= 0.6 is 30.4 Å². The second-order valence-electron chi connectivity index (χ2n) is 37.1. The molecule has 0 bridgehead atoms. The molecular weight excluding hydrogens is 1990 g/mol. The van der Waals surface area contributed by atoms with Gasteiger partial charge in [-0.15, -0.1) is 0 Å². The second kappa shape index (κ2) is 89.3. The van der Waals surface area contributed by atoms with Gasteiger partial charge in [0.05, 0.1) is 69.1 Å². The molecule has 0 aromatic heterocycles. The van der Waals surface area contributed by atoms with Crippen LogP contribution in [0.15, 0.2) is 72.8 Å². The molecule has 2 rings (SSSR count). The maximum Gasteiger partial charge on any atom is 0.510 e. The summed E-state index contributed by atoms with van der Waals surface area (Å²) in [5.41, 5.74) is 2.09. The molecule has 2 aromatic carbocycles. The molecule has 0 aliphatic rings. The molecule has 0 fully saturated rings. The van der Waals surface area contributed by atoms with Crippen LogP contribution in [0.5, 0.6) is 0 Å². The zero-order valence-corrected chi connectivity index (χ0v) is 101. The highest BCUT2D eigenvalue weighted by Gasteiger charge is 2.42. The van der Waals surface area contributed by atoms with Gasteiger partial charge in [0.15, 0.2) is 5.78 Å². The van der Waals surface area contributed by atoms with Crippen molar-refractivity contribution >= 4 is 108 Å². The maximum absolute atomic E-state index is 13.0. The normalized spacial score (nSPS) is 13.9. The number of ketones is 2. The van der Waals surface area contributed by atoms with E-state index < -0.39 is 109 Å². The predicted octanol–water partition coefficient (Wildman–Crippen LogP) is 25.4. The van der Waals surface area contributed by atoms with Crippen LogP contribution in [0.2, 0.25) is 0 Å². The SMILES string of the molecule is CC.CC(=O)/C=C/C(=O)OCC(C)C.CC(=O)CC(C)C.CC(=O)NCC(C)C.CC(=O)OC(C)C(C)C.CCC(C)C.CCOC(=O)/C=C/C(=O)OC(C)C(C)C.CCOC(=O)OC(C)OP(=O)(OC(C)C)OC(C)OC(C)=O.CCOC(=O)OC(C)OP(=O)(OC(C)OC(C)=O)OC(C)(C)C(C)C.CCOP(C)(=O)CCc1ccc(C(=O)OC(C)C(C)C)cc1.CCOP(C)(=O)Cc1ccc(C(=O)OCC(C)C)cc1. The van der Waals surface area contributed by atoms with E-state index >= 15 is 0 Å². The van der Waals surface area contributed by atoms with Crippen molar-refractivity contribution in [1.29, 1.82) is 0 Å². The number of phosphoric acid groups is 2. The third-order valence-corrected chi connectivity index (χ3v) is 24.8. The molecule has 42 heteroatoms. The second-order valence-corrected chi connectivity index (χ2v) is 45.4. The predicted molar refractivity (Wildman–Crippen MR) is 572 cm³/mol. The highest BCUT2D eigenvalue weighted by molar-refractivity contribution is 7.58. The van der Waals surface area contributed by atoms with Crippen LogP contribution < -0.4 is 5.32 Å². The Morgan fingerprint density at radius 1 is 0.367 bits per heavy atom. The van der Waals surface area contributed by atoms with Crippen molar-refractivity contribution in [2.75, 3.05) is 72.3 Å². The van der Waals surface area contributed by atoms with E-state index in [0.29, 0.717) is 98.4 Å². The van der Waals surface area contributed by atoms with E-state index in [9.17, 15) is 80.6 Å². The van der Waals surface area contributed by atoms with Crippen LogP contribution in [0.25, 0.3) is 0 Å². The fourth-order valence-corrected chi connectivity index (χ4v) is 14.8. The number of Topliss-reactive ketones (excluding diaryl/α,β-unsaturated/α-hetero) is 1.